The number of rotatable bonds is 4. The highest BCUT2D eigenvalue weighted by Crippen LogP contribution is 2.17. The van der Waals surface area contributed by atoms with E-state index in [4.69, 9.17) is 4.74 Å². The van der Waals surface area contributed by atoms with Crippen molar-refractivity contribution >= 4 is 11.8 Å². The number of ketones is 1. The average Bonchev–Trinajstić information content (AvgIpc) is 2.21. The van der Waals surface area contributed by atoms with E-state index in [1.807, 2.05) is 0 Å². The molecule has 0 aromatic heterocycles. The van der Waals surface area contributed by atoms with Gasteiger partial charge in [-0.15, -0.1) is 0 Å². The third-order valence-electron chi connectivity index (χ3n) is 2.38. The Labute approximate surface area is 83.6 Å². The number of hydrogen-bond acceptors (Lipinski definition) is 4. The fourth-order valence-electron chi connectivity index (χ4n) is 1.49. The van der Waals surface area contributed by atoms with Crippen LogP contribution in [-0.2, 0) is 19.1 Å². The van der Waals surface area contributed by atoms with Crippen LogP contribution in [0.1, 0.15) is 32.1 Å². The van der Waals surface area contributed by atoms with Gasteiger partial charge in [0.1, 0.15) is 5.78 Å². The second-order valence-corrected chi connectivity index (χ2v) is 3.43. The third kappa shape index (κ3) is 3.87. The minimum Gasteiger partial charge on any atom is -0.469 e. The van der Waals surface area contributed by atoms with Gasteiger partial charge in [0.15, 0.2) is 0 Å². The molecule has 4 heteroatoms. The first-order chi connectivity index (χ1) is 6.72. The van der Waals surface area contributed by atoms with Gasteiger partial charge in [-0.3, -0.25) is 9.59 Å². The summed E-state index contributed by atoms with van der Waals surface area (Å²) in [5, 5.41) is 0. The fraction of sp³-hybridized carbons (Fsp3) is 0.800. The van der Waals surface area contributed by atoms with E-state index in [1.165, 1.54) is 7.11 Å². The first-order valence-electron chi connectivity index (χ1n) is 4.92. The van der Waals surface area contributed by atoms with Crippen LogP contribution in [-0.4, -0.2) is 31.6 Å². The molecule has 0 amide bonds. The lowest BCUT2D eigenvalue weighted by molar-refractivity contribution is -0.142. The number of carbonyl (C=O) groups excluding carboxylic acids is 2. The molecule has 0 atom stereocenters. The largest absolute Gasteiger partial charge is 0.469 e. The van der Waals surface area contributed by atoms with Crippen LogP contribution in [0.2, 0.25) is 0 Å². The lowest BCUT2D eigenvalue weighted by atomic mass is 9.96. The fourth-order valence-corrected chi connectivity index (χ4v) is 1.49. The number of ether oxygens (including phenoxy) is 2. The van der Waals surface area contributed by atoms with Crippen LogP contribution in [0.4, 0.5) is 0 Å². The molecule has 0 spiro atoms. The predicted molar refractivity (Wildman–Crippen MR) is 49.8 cm³/mol. The monoisotopic (exact) mass is 200 g/mol. The van der Waals surface area contributed by atoms with Crippen LogP contribution >= 0.6 is 0 Å². The van der Waals surface area contributed by atoms with Crippen molar-refractivity contribution in [1.82, 2.24) is 0 Å². The molecule has 0 bridgehead atoms. The van der Waals surface area contributed by atoms with Crippen LogP contribution < -0.4 is 0 Å². The molecule has 80 valence electrons. The van der Waals surface area contributed by atoms with Gasteiger partial charge in [0, 0.05) is 12.8 Å². The van der Waals surface area contributed by atoms with Gasteiger partial charge >= 0.3 is 5.97 Å². The molecular weight excluding hydrogens is 184 g/mol. The Morgan fingerprint density at radius 1 is 1.43 bits per heavy atom. The molecule has 0 heterocycles. The smallest absolute Gasteiger partial charge is 0.307 e. The number of Topliss-reactive ketones (excluding diaryl/α,β-unsaturated/α-hetero) is 1. The van der Waals surface area contributed by atoms with E-state index >= 15 is 0 Å². The predicted octanol–water partition coefficient (Wildman–Crippen LogP) is 1.08. The SMILES string of the molecule is COC(=O)CCOC1CCC(=O)CC1. The van der Waals surface area contributed by atoms with Gasteiger partial charge < -0.3 is 9.47 Å². The topological polar surface area (TPSA) is 52.6 Å². The highest BCUT2D eigenvalue weighted by Gasteiger charge is 2.19. The molecule has 14 heavy (non-hydrogen) atoms. The Balaban J connectivity index is 2.07. The zero-order chi connectivity index (χ0) is 10.4. The first-order valence-corrected chi connectivity index (χ1v) is 4.92. The maximum Gasteiger partial charge on any atom is 0.307 e. The van der Waals surface area contributed by atoms with Crippen molar-refractivity contribution < 1.29 is 19.1 Å². The molecule has 1 rings (SSSR count). The minimum atomic E-state index is -0.253. The van der Waals surface area contributed by atoms with Crippen molar-refractivity contribution in [2.24, 2.45) is 0 Å². The summed E-state index contributed by atoms with van der Waals surface area (Å²) in [6, 6.07) is 0. The van der Waals surface area contributed by atoms with E-state index in [0.717, 1.165) is 12.8 Å². The number of carbonyl (C=O) groups is 2. The van der Waals surface area contributed by atoms with E-state index in [9.17, 15) is 9.59 Å². The van der Waals surface area contributed by atoms with Gasteiger partial charge in [-0.05, 0) is 12.8 Å². The molecule has 1 fully saturated rings. The Kier molecular flexibility index (Phi) is 4.59. The van der Waals surface area contributed by atoms with Crippen molar-refractivity contribution in [3.63, 3.8) is 0 Å². The van der Waals surface area contributed by atoms with Crippen molar-refractivity contribution in [1.29, 1.82) is 0 Å². The Morgan fingerprint density at radius 2 is 2.07 bits per heavy atom. The van der Waals surface area contributed by atoms with Crippen LogP contribution in [0, 0.1) is 0 Å². The summed E-state index contributed by atoms with van der Waals surface area (Å²) in [4.78, 5) is 21.7. The summed E-state index contributed by atoms with van der Waals surface area (Å²) in [7, 11) is 1.36. The maximum atomic E-state index is 10.9. The van der Waals surface area contributed by atoms with Gasteiger partial charge in [0.2, 0.25) is 0 Å². The van der Waals surface area contributed by atoms with Crippen LogP contribution in [0.5, 0.6) is 0 Å². The maximum absolute atomic E-state index is 10.9. The summed E-state index contributed by atoms with van der Waals surface area (Å²) < 4.78 is 9.93. The molecule has 1 saturated carbocycles. The van der Waals surface area contributed by atoms with E-state index in [1.54, 1.807) is 0 Å². The first kappa shape index (κ1) is 11.2. The molecule has 0 radical (unpaired) electrons. The highest BCUT2D eigenvalue weighted by molar-refractivity contribution is 5.79. The Bertz CT molecular complexity index is 202. The molecule has 1 aliphatic carbocycles. The summed E-state index contributed by atoms with van der Waals surface area (Å²) >= 11 is 0. The molecule has 1 aliphatic rings. The van der Waals surface area contributed by atoms with Crippen molar-refractivity contribution in [3.05, 3.63) is 0 Å². The van der Waals surface area contributed by atoms with Crippen LogP contribution in [0.15, 0.2) is 0 Å². The molecule has 0 saturated heterocycles. The van der Waals surface area contributed by atoms with Gasteiger partial charge in [0.25, 0.3) is 0 Å². The van der Waals surface area contributed by atoms with Gasteiger partial charge in [-0.2, -0.15) is 0 Å². The lowest BCUT2D eigenvalue weighted by Crippen LogP contribution is -2.22. The molecule has 0 N–H and O–H groups in total. The van der Waals surface area contributed by atoms with E-state index in [-0.39, 0.29) is 12.1 Å². The summed E-state index contributed by atoms with van der Waals surface area (Å²) in [6.07, 6.45) is 3.25. The quantitative estimate of drug-likeness (QED) is 0.637. The average molecular weight is 200 g/mol. The van der Waals surface area contributed by atoms with Crippen molar-refractivity contribution in [2.75, 3.05) is 13.7 Å². The molecule has 4 nitrogen and oxygen atoms in total. The van der Waals surface area contributed by atoms with E-state index in [0.29, 0.717) is 31.7 Å². The van der Waals surface area contributed by atoms with Gasteiger partial charge in [0.05, 0.1) is 26.2 Å². The van der Waals surface area contributed by atoms with E-state index in [2.05, 4.69) is 4.74 Å². The van der Waals surface area contributed by atoms with Gasteiger partial charge in [-0.25, -0.2) is 0 Å². The third-order valence-corrected chi connectivity index (χ3v) is 2.38. The molecular formula is C10H16O4. The standard InChI is InChI=1S/C10H16O4/c1-13-10(12)6-7-14-9-4-2-8(11)3-5-9/h9H,2-7H2,1H3. The van der Waals surface area contributed by atoms with Crippen molar-refractivity contribution in [2.45, 2.75) is 38.2 Å². The molecule has 0 aliphatic heterocycles. The second kappa shape index (κ2) is 5.75. The zero-order valence-corrected chi connectivity index (χ0v) is 8.45. The number of esters is 1. The molecule has 0 aromatic carbocycles. The van der Waals surface area contributed by atoms with E-state index < -0.39 is 0 Å². The van der Waals surface area contributed by atoms with Crippen molar-refractivity contribution in [3.8, 4) is 0 Å². The van der Waals surface area contributed by atoms with Gasteiger partial charge in [-0.1, -0.05) is 0 Å². The molecule has 0 aromatic rings. The highest BCUT2D eigenvalue weighted by atomic mass is 16.5. The summed E-state index contributed by atoms with van der Waals surface area (Å²) in [5.41, 5.74) is 0. The summed E-state index contributed by atoms with van der Waals surface area (Å²) in [6.45, 7) is 0.394. The second-order valence-electron chi connectivity index (χ2n) is 3.43. The van der Waals surface area contributed by atoms with Crippen LogP contribution in [0.3, 0.4) is 0 Å². The molecule has 0 unspecified atom stereocenters. The number of methoxy groups -OCH3 is 1. The Hall–Kier alpha value is -0.900. The van der Waals surface area contributed by atoms with Crippen LogP contribution in [0.25, 0.3) is 0 Å². The zero-order valence-electron chi connectivity index (χ0n) is 8.45. The number of hydrogen-bond donors (Lipinski definition) is 0. The Morgan fingerprint density at radius 3 is 2.64 bits per heavy atom. The lowest BCUT2D eigenvalue weighted by Gasteiger charge is -2.20. The summed E-state index contributed by atoms with van der Waals surface area (Å²) in [5.74, 6) is 0.0645. The minimum absolute atomic E-state index is 0.150. The normalized spacial score (nSPS) is 18.2.